The fourth-order valence-electron chi connectivity index (χ4n) is 2.19. The van der Waals surface area contributed by atoms with Crippen LogP contribution in [-0.4, -0.2) is 29.6 Å². The largest absolute Gasteiger partial charge is 0.388 e. The first-order chi connectivity index (χ1) is 9.46. The fraction of sp³-hybridized carbons (Fsp3) is 0.625. The van der Waals surface area contributed by atoms with E-state index >= 15 is 0 Å². The Bertz CT molecular complexity index is 391. The average Bonchev–Trinajstić information content (AvgIpc) is 2.41. The lowest BCUT2D eigenvalue weighted by Crippen LogP contribution is -2.30. The van der Waals surface area contributed by atoms with Gasteiger partial charge in [-0.15, -0.1) is 0 Å². The molecule has 0 spiro atoms. The molecule has 1 aromatic rings. The molecule has 1 rings (SSSR count). The van der Waals surface area contributed by atoms with E-state index in [2.05, 4.69) is 25.7 Å². The Morgan fingerprint density at radius 3 is 2.25 bits per heavy atom. The molecule has 0 amide bonds. The second-order valence-corrected chi connectivity index (χ2v) is 5.41. The second kappa shape index (κ2) is 8.32. The van der Waals surface area contributed by atoms with Gasteiger partial charge in [0.1, 0.15) is 11.6 Å². The summed E-state index contributed by atoms with van der Waals surface area (Å²) in [6, 6.07) is 3.20. The zero-order valence-electron chi connectivity index (χ0n) is 12.6. The lowest BCUT2D eigenvalue weighted by Gasteiger charge is -2.25. The molecule has 20 heavy (non-hydrogen) atoms. The van der Waals surface area contributed by atoms with Gasteiger partial charge in [-0.3, -0.25) is 0 Å². The molecule has 2 nitrogen and oxygen atoms in total. The van der Waals surface area contributed by atoms with Crippen molar-refractivity contribution in [1.29, 1.82) is 0 Å². The van der Waals surface area contributed by atoms with E-state index in [0.29, 0.717) is 17.9 Å². The van der Waals surface area contributed by atoms with E-state index < -0.39 is 17.7 Å². The van der Waals surface area contributed by atoms with Gasteiger partial charge in [0, 0.05) is 19.2 Å². The van der Waals surface area contributed by atoms with Gasteiger partial charge in [0.2, 0.25) is 0 Å². The molecule has 1 aromatic carbocycles. The highest BCUT2D eigenvalue weighted by Crippen LogP contribution is 2.20. The molecule has 0 aliphatic heterocycles. The van der Waals surface area contributed by atoms with Gasteiger partial charge in [0.05, 0.1) is 6.10 Å². The van der Waals surface area contributed by atoms with Crippen LogP contribution in [0.1, 0.15) is 45.3 Å². The molecule has 1 N–H and O–H groups in total. The van der Waals surface area contributed by atoms with Crippen LogP contribution >= 0.6 is 0 Å². The van der Waals surface area contributed by atoms with Gasteiger partial charge in [0.15, 0.2) is 0 Å². The third-order valence-corrected chi connectivity index (χ3v) is 3.70. The minimum atomic E-state index is -0.828. The maximum absolute atomic E-state index is 13.1. The maximum Gasteiger partial charge on any atom is 0.126 e. The van der Waals surface area contributed by atoms with Gasteiger partial charge in [-0.1, -0.05) is 27.2 Å². The van der Waals surface area contributed by atoms with E-state index in [-0.39, 0.29) is 0 Å². The van der Waals surface area contributed by atoms with E-state index in [1.807, 2.05) is 0 Å². The zero-order chi connectivity index (χ0) is 15.1. The van der Waals surface area contributed by atoms with Crippen molar-refractivity contribution in [3.05, 3.63) is 35.4 Å². The van der Waals surface area contributed by atoms with Gasteiger partial charge < -0.3 is 10.0 Å². The minimum absolute atomic E-state index is 0.307. The van der Waals surface area contributed by atoms with Gasteiger partial charge in [-0.05, 0) is 36.6 Å². The van der Waals surface area contributed by atoms with E-state index in [1.54, 1.807) is 0 Å². The van der Waals surface area contributed by atoms with E-state index in [1.165, 1.54) is 12.1 Å². The first-order valence-corrected chi connectivity index (χ1v) is 7.32. The molecular weight excluding hydrogens is 260 g/mol. The normalized spacial score (nSPS) is 14.6. The van der Waals surface area contributed by atoms with Gasteiger partial charge in [-0.25, -0.2) is 8.78 Å². The van der Waals surface area contributed by atoms with Crippen molar-refractivity contribution in [1.82, 2.24) is 4.90 Å². The third-order valence-electron chi connectivity index (χ3n) is 3.70. The van der Waals surface area contributed by atoms with Crippen molar-refractivity contribution in [2.75, 3.05) is 19.6 Å². The van der Waals surface area contributed by atoms with Crippen LogP contribution in [0.4, 0.5) is 8.78 Å². The lowest BCUT2D eigenvalue weighted by atomic mass is 10.0. The number of hydrogen-bond acceptors (Lipinski definition) is 2. The SMILES string of the molecule is CCC(C)CN(CC)CCC(O)c1cc(F)cc(F)c1. The highest BCUT2D eigenvalue weighted by atomic mass is 19.1. The molecule has 0 radical (unpaired) electrons. The fourth-order valence-corrected chi connectivity index (χ4v) is 2.19. The smallest absolute Gasteiger partial charge is 0.126 e. The Morgan fingerprint density at radius 1 is 1.15 bits per heavy atom. The summed E-state index contributed by atoms with van der Waals surface area (Å²) in [7, 11) is 0. The highest BCUT2D eigenvalue weighted by Gasteiger charge is 2.13. The van der Waals surface area contributed by atoms with E-state index in [9.17, 15) is 13.9 Å². The monoisotopic (exact) mass is 285 g/mol. The first-order valence-electron chi connectivity index (χ1n) is 7.32. The Balaban J connectivity index is 2.54. The van der Waals surface area contributed by atoms with Crippen molar-refractivity contribution in [3.63, 3.8) is 0 Å². The molecule has 2 atom stereocenters. The summed E-state index contributed by atoms with van der Waals surface area (Å²) in [5.41, 5.74) is 0.307. The summed E-state index contributed by atoms with van der Waals surface area (Å²) >= 11 is 0. The van der Waals surface area contributed by atoms with Crippen LogP contribution in [0.15, 0.2) is 18.2 Å². The number of aliphatic hydroxyl groups excluding tert-OH is 1. The second-order valence-electron chi connectivity index (χ2n) is 5.41. The molecular formula is C16H25F2NO. The molecule has 0 aliphatic rings. The number of hydrogen-bond donors (Lipinski definition) is 1. The molecule has 2 unspecified atom stereocenters. The highest BCUT2D eigenvalue weighted by molar-refractivity contribution is 5.20. The number of rotatable bonds is 8. The van der Waals surface area contributed by atoms with Crippen molar-refractivity contribution in [2.45, 2.75) is 39.7 Å². The summed E-state index contributed by atoms with van der Waals surface area (Å²) in [6.07, 6.45) is 0.771. The molecule has 0 fully saturated rings. The molecule has 0 aromatic heterocycles. The average molecular weight is 285 g/mol. The van der Waals surface area contributed by atoms with Crippen LogP contribution < -0.4 is 0 Å². The Kier molecular flexibility index (Phi) is 7.10. The minimum Gasteiger partial charge on any atom is -0.388 e. The third kappa shape index (κ3) is 5.55. The predicted octanol–water partition coefficient (Wildman–Crippen LogP) is 3.76. The van der Waals surface area contributed by atoms with Crippen LogP contribution in [0, 0.1) is 17.6 Å². The van der Waals surface area contributed by atoms with Gasteiger partial charge in [-0.2, -0.15) is 0 Å². The quantitative estimate of drug-likeness (QED) is 0.786. The number of nitrogens with zero attached hydrogens (tertiary/aromatic N) is 1. The number of benzene rings is 1. The van der Waals surface area contributed by atoms with Crippen LogP contribution in [-0.2, 0) is 0 Å². The van der Waals surface area contributed by atoms with Gasteiger partial charge in [0.25, 0.3) is 0 Å². The maximum atomic E-state index is 13.1. The zero-order valence-corrected chi connectivity index (χ0v) is 12.6. The van der Waals surface area contributed by atoms with Crippen LogP contribution in [0.2, 0.25) is 0 Å². The van der Waals surface area contributed by atoms with Crippen molar-refractivity contribution in [3.8, 4) is 0 Å². The number of aliphatic hydroxyl groups is 1. The predicted molar refractivity (Wildman–Crippen MR) is 77.5 cm³/mol. The molecule has 114 valence electrons. The summed E-state index contributed by atoms with van der Waals surface area (Å²) in [6.45, 7) is 9.05. The molecule has 4 heteroatoms. The van der Waals surface area contributed by atoms with Crippen LogP contribution in [0.3, 0.4) is 0 Å². The molecule has 0 heterocycles. The summed E-state index contributed by atoms with van der Waals surface area (Å²) in [5, 5.41) is 10.0. The van der Waals surface area contributed by atoms with Crippen molar-refractivity contribution in [2.24, 2.45) is 5.92 Å². The van der Waals surface area contributed by atoms with E-state index in [0.717, 1.165) is 32.1 Å². The Labute approximate surface area is 120 Å². The standard InChI is InChI=1S/C16H25F2NO/c1-4-12(3)11-19(5-2)7-6-16(20)13-8-14(17)10-15(18)9-13/h8-10,12,16,20H,4-7,11H2,1-3H3. The van der Waals surface area contributed by atoms with Gasteiger partial charge >= 0.3 is 0 Å². The lowest BCUT2D eigenvalue weighted by molar-refractivity contribution is 0.137. The van der Waals surface area contributed by atoms with Crippen LogP contribution in [0.25, 0.3) is 0 Å². The Hall–Kier alpha value is -1.00. The topological polar surface area (TPSA) is 23.5 Å². The van der Waals surface area contributed by atoms with Crippen LogP contribution in [0.5, 0.6) is 0 Å². The molecule has 0 saturated heterocycles. The Morgan fingerprint density at radius 2 is 1.75 bits per heavy atom. The molecule has 0 aliphatic carbocycles. The molecule has 0 saturated carbocycles. The summed E-state index contributed by atoms with van der Waals surface area (Å²) < 4.78 is 26.2. The van der Waals surface area contributed by atoms with Crippen molar-refractivity contribution < 1.29 is 13.9 Å². The van der Waals surface area contributed by atoms with Crippen molar-refractivity contribution >= 4 is 0 Å². The first kappa shape index (κ1) is 17.1. The molecule has 0 bridgehead atoms. The summed E-state index contributed by atoms with van der Waals surface area (Å²) in [5.74, 6) is -0.685. The summed E-state index contributed by atoms with van der Waals surface area (Å²) in [4.78, 5) is 2.26. The number of halogens is 2. The van der Waals surface area contributed by atoms with E-state index in [4.69, 9.17) is 0 Å².